The van der Waals surface area contributed by atoms with Crippen molar-refractivity contribution in [1.82, 2.24) is 4.98 Å². The summed E-state index contributed by atoms with van der Waals surface area (Å²) in [6, 6.07) is 0.713. The Hall–Kier alpha value is -0.880. The second kappa shape index (κ2) is 2.87. The predicted molar refractivity (Wildman–Crippen MR) is 41.6 cm³/mol. The van der Waals surface area contributed by atoms with E-state index < -0.39 is 19.8 Å². The van der Waals surface area contributed by atoms with Crippen LogP contribution in [0.4, 0.5) is 10.2 Å². The second-order valence-corrected chi connectivity index (χ2v) is 4.51. The molecule has 0 unspecified atom stereocenters. The fourth-order valence-electron chi connectivity index (χ4n) is 0.627. The lowest BCUT2D eigenvalue weighted by Gasteiger charge is -1.98. The number of aromatic nitrogens is 1. The highest BCUT2D eigenvalue weighted by molar-refractivity contribution is 8.13. The number of nitrogens with two attached hydrogens (primary N) is 1. The van der Waals surface area contributed by atoms with Crippen LogP contribution in [0.1, 0.15) is 0 Å². The number of pyridine rings is 1. The van der Waals surface area contributed by atoms with Crippen molar-refractivity contribution in [3.63, 3.8) is 0 Å². The van der Waals surface area contributed by atoms with E-state index >= 15 is 0 Å². The Morgan fingerprint density at radius 3 is 2.58 bits per heavy atom. The lowest BCUT2D eigenvalue weighted by atomic mass is 10.4. The van der Waals surface area contributed by atoms with Crippen molar-refractivity contribution >= 4 is 25.6 Å². The van der Waals surface area contributed by atoms with Gasteiger partial charge in [0.05, 0.1) is 6.20 Å². The van der Waals surface area contributed by atoms with Crippen LogP contribution in [0.5, 0.6) is 0 Å². The van der Waals surface area contributed by atoms with E-state index in [1.54, 1.807) is 0 Å². The largest absolute Gasteiger partial charge is 0.383 e. The Morgan fingerprint density at radius 2 is 2.17 bits per heavy atom. The molecule has 0 fully saturated rings. The molecular weight excluding hydrogens is 207 g/mol. The average molecular weight is 211 g/mol. The van der Waals surface area contributed by atoms with E-state index in [-0.39, 0.29) is 5.82 Å². The Balaban J connectivity index is 3.43. The van der Waals surface area contributed by atoms with Gasteiger partial charge >= 0.3 is 0 Å². The van der Waals surface area contributed by atoms with Crippen LogP contribution in [0, 0.1) is 5.82 Å². The summed E-state index contributed by atoms with van der Waals surface area (Å²) in [5.74, 6) is -1.12. The van der Waals surface area contributed by atoms with Gasteiger partial charge in [-0.2, -0.15) is 0 Å². The Bertz CT molecular complexity index is 406. The summed E-state index contributed by atoms with van der Waals surface area (Å²) < 4.78 is 33.8. The Labute approximate surface area is 72.6 Å². The van der Waals surface area contributed by atoms with E-state index in [2.05, 4.69) is 4.98 Å². The highest BCUT2D eigenvalue weighted by Gasteiger charge is 2.15. The van der Waals surface area contributed by atoms with Crippen molar-refractivity contribution in [1.29, 1.82) is 0 Å². The minimum atomic E-state index is -4.01. The SMILES string of the molecule is Nc1ncc(F)cc1S(=O)(=O)Cl. The molecule has 0 amide bonds. The molecule has 7 heteroatoms. The van der Waals surface area contributed by atoms with Gasteiger partial charge in [-0.05, 0) is 6.07 Å². The molecule has 0 radical (unpaired) electrons. The van der Waals surface area contributed by atoms with E-state index in [0.717, 1.165) is 6.20 Å². The standard InChI is InChI=1S/C5H4ClFN2O2S/c6-12(10,11)4-1-3(7)2-9-5(4)8/h1-2H,(H2,8,9). The Kier molecular flexibility index (Phi) is 2.20. The third kappa shape index (κ3) is 1.83. The van der Waals surface area contributed by atoms with E-state index in [4.69, 9.17) is 16.4 Å². The van der Waals surface area contributed by atoms with Crippen molar-refractivity contribution < 1.29 is 12.8 Å². The van der Waals surface area contributed by atoms with Crippen LogP contribution >= 0.6 is 10.7 Å². The molecule has 0 atom stereocenters. The lowest BCUT2D eigenvalue weighted by Crippen LogP contribution is -2.01. The zero-order valence-electron chi connectivity index (χ0n) is 5.66. The molecule has 0 aliphatic heterocycles. The maximum Gasteiger partial charge on any atom is 0.265 e. The van der Waals surface area contributed by atoms with E-state index in [1.165, 1.54) is 0 Å². The molecule has 1 heterocycles. The third-order valence-electron chi connectivity index (χ3n) is 1.11. The topological polar surface area (TPSA) is 73.0 Å². The van der Waals surface area contributed by atoms with Crippen LogP contribution in [0.15, 0.2) is 17.2 Å². The number of nitrogen functional groups attached to an aromatic ring is 1. The van der Waals surface area contributed by atoms with Crippen LogP contribution in [-0.4, -0.2) is 13.4 Å². The molecule has 0 aliphatic carbocycles. The number of nitrogens with zero attached hydrogens (tertiary/aromatic N) is 1. The smallest absolute Gasteiger partial charge is 0.265 e. The van der Waals surface area contributed by atoms with Crippen molar-refractivity contribution in [2.75, 3.05) is 5.73 Å². The molecule has 0 bridgehead atoms. The van der Waals surface area contributed by atoms with Crippen molar-refractivity contribution in [3.05, 3.63) is 18.1 Å². The maximum atomic E-state index is 12.4. The highest BCUT2D eigenvalue weighted by Crippen LogP contribution is 2.20. The Morgan fingerprint density at radius 1 is 1.58 bits per heavy atom. The van der Waals surface area contributed by atoms with Gasteiger partial charge in [0.25, 0.3) is 9.05 Å². The quantitative estimate of drug-likeness (QED) is 0.694. The summed E-state index contributed by atoms with van der Waals surface area (Å²) in [5.41, 5.74) is 5.13. The number of hydrogen-bond donors (Lipinski definition) is 1. The molecule has 0 saturated carbocycles. The molecule has 2 N–H and O–H groups in total. The number of halogens is 2. The summed E-state index contributed by atoms with van der Waals surface area (Å²) in [5, 5.41) is 0. The fourth-order valence-corrected chi connectivity index (χ4v) is 1.55. The third-order valence-corrected chi connectivity index (χ3v) is 2.46. The molecule has 66 valence electrons. The van der Waals surface area contributed by atoms with Crippen molar-refractivity contribution in [3.8, 4) is 0 Å². The maximum absolute atomic E-state index is 12.4. The summed E-state index contributed by atoms with van der Waals surface area (Å²) in [4.78, 5) is 2.77. The van der Waals surface area contributed by atoms with Gasteiger partial charge in [0.1, 0.15) is 16.5 Å². The summed E-state index contributed by atoms with van der Waals surface area (Å²) in [6.45, 7) is 0. The number of anilines is 1. The average Bonchev–Trinajstić information content (AvgIpc) is 1.92. The fraction of sp³-hybridized carbons (Fsp3) is 0. The van der Waals surface area contributed by atoms with E-state index in [0.29, 0.717) is 6.07 Å². The van der Waals surface area contributed by atoms with Gasteiger partial charge in [-0.25, -0.2) is 17.8 Å². The van der Waals surface area contributed by atoms with E-state index in [9.17, 15) is 12.8 Å². The van der Waals surface area contributed by atoms with E-state index in [1.807, 2.05) is 0 Å². The van der Waals surface area contributed by atoms with Crippen LogP contribution in [0.25, 0.3) is 0 Å². The molecule has 4 nitrogen and oxygen atoms in total. The molecule has 1 aromatic heterocycles. The van der Waals surface area contributed by atoms with Gasteiger partial charge in [0.2, 0.25) is 0 Å². The first-order valence-corrected chi connectivity index (χ1v) is 5.08. The first kappa shape index (κ1) is 9.21. The molecule has 0 aromatic carbocycles. The first-order chi connectivity index (χ1) is 5.41. The number of hydrogen-bond acceptors (Lipinski definition) is 4. The van der Waals surface area contributed by atoms with Gasteiger partial charge in [-0.3, -0.25) is 0 Å². The number of rotatable bonds is 1. The van der Waals surface area contributed by atoms with Gasteiger partial charge in [-0.15, -0.1) is 0 Å². The zero-order chi connectivity index (χ0) is 9.35. The van der Waals surface area contributed by atoms with Gasteiger partial charge in [0.15, 0.2) is 0 Å². The van der Waals surface area contributed by atoms with Crippen molar-refractivity contribution in [2.24, 2.45) is 0 Å². The minimum absolute atomic E-state index is 0.314. The van der Waals surface area contributed by atoms with Crippen molar-refractivity contribution in [2.45, 2.75) is 4.90 Å². The van der Waals surface area contributed by atoms with Gasteiger partial charge in [0, 0.05) is 10.7 Å². The molecule has 0 saturated heterocycles. The lowest BCUT2D eigenvalue weighted by molar-refractivity contribution is 0.599. The summed E-state index contributed by atoms with van der Waals surface area (Å²) in [6.07, 6.45) is 0.806. The molecule has 1 rings (SSSR count). The monoisotopic (exact) mass is 210 g/mol. The highest BCUT2D eigenvalue weighted by atomic mass is 35.7. The predicted octanol–water partition coefficient (Wildman–Crippen LogP) is 0.730. The molecule has 12 heavy (non-hydrogen) atoms. The van der Waals surface area contributed by atoms with Crippen LogP contribution < -0.4 is 5.73 Å². The summed E-state index contributed by atoms with van der Waals surface area (Å²) >= 11 is 0. The van der Waals surface area contributed by atoms with Crippen LogP contribution in [-0.2, 0) is 9.05 Å². The van der Waals surface area contributed by atoms with Crippen LogP contribution in [0.2, 0.25) is 0 Å². The second-order valence-electron chi connectivity index (χ2n) is 1.97. The molecule has 1 aromatic rings. The van der Waals surface area contributed by atoms with Gasteiger partial charge < -0.3 is 5.73 Å². The van der Waals surface area contributed by atoms with Gasteiger partial charge in [-0.1, -0.05) is 0 Å². The first-order valence-electron chi connectivity index (χ1n) is 2.77. The summed E-state index contributed by atoms with van der Waals surface area (Å²) in [7, 11) is 0.910. The molecule has 0 spiro atoms. The molecular formula is C5H4ClFN2O2S. The minimum Gasteiger partial charge on any atom is -0.383 e. The molecule has 0 aliphatic rings. The van der Waals surface area contributed by atoms with Crippen LogP contribution in [0.3, 0.4) is 0 Å². The normalized spacial score (nSPS) is 11.5. The zero-order valence-corrected chi connectivity index (χ0v) is 7.23.